The van der Waals surface area contributed by atoms with Gasteiger partial charge in [-0.25, -0.2) is 0 Å². The second-order valence-electron chi connectivity index (χ2n) is 3.50. The molecular weight excluding hydrogens is 200 g/mol. The highest BCUT2D eigenvalue weighted by atomic mass is 16.1. The van der Waals surface area contributed by atoms with Crippen LogP contribution in [0.4, 0.5) is 0 Å². The Balaban J connectivity index is 2.37. The molecule has 16 heavy (non-hydrogen) atoms. The van der Waals surface area contributed by atoms with Crippen LogP contribution in [-0.2, 0) is 4.79 Å². The van der Waals surface area contributed by atoms with Gasteiger partial charge in [-0.3, -0.25) is 9.78 Å². The van der Waals surface area contributed by atoms with Crippen molar-refractivity contribution in [3.63, 3.8) is 0 Å². The molecule has 0 saturated heterocycles. The van der Waals surface area contributed by atoms with Crippen LogP contribution in [0.15, 0.2) is 42.6 Å². The largest absolute Gasteiger partial charge is 0.369 e. The fraction of sp³-hybridized carbons (Fsp3) is 0.0769. The lowest BCUT2D eigenvalue weighted by Crippen LogP contribution is -2.07. The third kappa shape index (κ3) is 2.25. The molecule has 2 N–H and O–H groups in total. The smallest absolute Gasteiger partial charge is 0.221 e. The van der Waals surface area contributed by atoms with Gasteiger partial charge < -0.3 is 5.73 Å². The molecule has 1 aromatic carbocycles. The Morgan fingerprint density at radius 3 is 2.94 bits per heavy atom. The highest BCUT2D eigenvalue weighted by molar-refractivity contribution is 5.87. The van der Waals surface area contributed by atoms with Crippen molar-refractivity contribution in [2.45, 2.75) is 6.42 Å². The van der Waals surface area contributed by atoms with Gasteiger partial charge in [-0.05, 0) is 6.07 Å². The first-order valence-corrected chi connectivity index (χ1v) is 5.06. The van der Waals surface area contributed by atoms with Crippen LogP contribution in [0.1, 0.15) is 12.0 Å². The second-order valence-corrected chi connectivity index (χ2v) is 3.50. The zero-order valence-electron chi connectivity index (χ0n) is 8.76. The number of rotatable bonds is 3. The summed E-state index contributed by atoms with van der Waals surface area (Å²) in [5.41, 5.74) is 7.00. The summed E-state index contributed by atoms with van der Waals surface area (Å²) in [7, 11) is 0. The van der Waals surface area contributed by atoms with Crippen molar-refractivity contribution in [1.82, 2.24) is 4.98 Å². The van der Waals surface area contributed by atoms with Gasteiger partial charge in [-0.15, -0.1) is 0 Å². The minimum Gasteiger partial charge on any atom is -0.369 e. The van der Waals surface area contributed by atoms with Gasteiger partial charge in [0.05, 0.1) is 5.52 Å². The lowest BCUT2D eigenvalue weighted by Gasteiger charge is -1.99. The molecule has 0 aliphatic heterocycles. The molecular formula is C13H12N2O. The average molecular weight is 212 g/mol. The molecule has 1 amide bonds. The Morgan fingerprint density at radius 1 is 1.31 bits per heavy atom. The van der Waals surface area contributed by atoms with Crippen LogP contribution in [0.2, 0.25) is 0 Å². The first-order chi connectivity index (χ1) is 7.77. The molecule has 0 atom stereocenters. The van der Waals surface area contributed by atoms with E-state index in [0.29, 0.717) is 0 Å². The minimum absolute atomic E-state index is 0.253. The molecule has 1 aromatic heterocycles. The monoisotopic (exact) mass is 212 g/mol. The molecule has 0 spiro atoms. The van der Waals surface area contributed by atoms with E-state index in [9.17, 15) is 4.79 Å². The minimum atomic E-state index is -0.329. The van der Waals surface area contributed by atoms with Crippen molar-refractivity contribution in [3.8, 4) is 0 Å². The van der Waals surface area contributed by atoms with E-state index >= 15 is 0 Å². The van der Waals surface area contributed by atoms with Crippen molar-refractivity contribution in [2.75, 3.05) is 0 Å². The molecule has 2 aromatic rings. The van der Waals surface area contributed by atoms with Gasteiger partial charge in [0.15, 0.2) is 0 Å². The van der Waals surface area contributed by atoms with Gasteiger partial charge in [-0.2, -0.15) is 0 Å². The maximum absolute atomic E-state index is 10.6. The van der Waals surface area contributed by atoms with Crippen molar-refractivity contribution in [3.05, 3.63) is 48.2 Å². The van der Waals surface area contributed by atoms with E-state index in [0.717, 1.165) is 16.5 Å². The molecule has 0 radical (unpaired) electrons. The average Bonchev–Trinajstić information content (AvgIpc) is 2.29. The molecule has 0 unspecified atom stereocenters. The zero-order valence-corrected chi connectivity index (χ0v) is 8.76. The number of amides is 1. The molecule has 0 bridgehead atoms. The summed E-state index contributed by atoms with van der Waals surface area (Å²) < 4.78 is 0. The topological polar surface area (TPSA) is 56.0 Å². The highest BCUT2D eigenvalue weighted by Crippen LogP contribution is 2.17. The first-order valence-electron chi connectivity index (χ1n) is 5.06. The second kappa shape index (κ2) is 4.57. The third-order valence-electron chi connectivity index (χ3n) is 2.28. The number of nitrogens with two attached hydrogens (primary N) is 1. The Kier molecular flexibility index (Phi) is 2.96. The van der Waals surface area contributed by atoms with E-state index in [1.807, 2.05) is 36.4 Å². The van der Waals surface area contributed by atoms with E-state index in [2.05, 4.69) is 4.98 Å². The van der Waals surface area contributed by atoms with Crippen LogP contribution < -0.4 is 5.73 Å². The molecule has 3 nitrogen and oxygen atoms in total. The van der Waals surface area contributed by atoms with Gasteiger partial charge in [-0.1, -0.05) is 36.4 Å². The quantitative estimate of drug-likeness (QED) is 0.847. The number of fused-ring (bicyclic) bond motifs is 1. The van der Waals surface area contributed by atoms with Crippen LogP contribution in [0.5, 0.6) is 0 Å². The molecule has 0 saturated carbocycles. The summed E-state index contributed by atoms with van der Waals surface area (Å²) in [5.74, 6) is -0.329. The number of aromatic nitrogens is 1. The van der Waals surface area contributed by atoms with E-state index in [-0.39, 0.29) is 12.3 Å². The van der Waals surface area contributed by atoms with Crippen molar-refractivity contribution in [1.29, 1.82) is 0 Å². The van der Waals surface area contributed by atoms with Crippen LogP contribution in [0.3, 0.4) is 0 Å². The van der Waals surface area contributed by atoms with Crippen LogP contribution in [0.25, 0.3) is 17.0 Å². The summed E-state index contributed by atoms with van der Waals surface area (Å²) in [6.45, 7) is 0. The first kappa shape index (κ1) is 10.4. The maximum atomic E-state index is 10.6. The molecule has 1 heterocycles. The molecule has 3 heteroatoms. The van der Waals surface area contributed by atoms with Crippen LogP contribution in [0, 0.1) is 0 Å². The normalized spacial score (nSPS) is 11.0. The van der Waals surface area contributed by atoms with Crippen molar-refractivity contribution in [2.24, 2.45) is 5.73 Å². The number of para-hydroxylation sites is 1. The number of benzene rings is 1. The van der Waals surface area contributed by atoms with E-state index in [4.69, 9.17) is 5.73 Å². The van der Waals surface area contributed by atoms with E-state index in [1.165, 1.54) is 0 Å². The maximum Gasteiger partial charge on any atom is 0.221 e. The Bertz CT molecular complexity index is 541. The Labute approximate surface area is 93.6 Å². The highest BCUT2D eigenvalue weighted by Gasteiger charge is 1.97. The van der Waals surface area contributed by atoms with E-state index in [1.54, 1.807) is 12.3 Å². The number of nitrogens with zero attached hydrogens (tertiary/aromatic N) is 1. The van der Waals surface area contributed by atoms with Crippen molar-refractivity contribution >= 4 is 22.9 Å². The Morgan fingerprint density at radius 2 is 2.12 bits per heavy atom. The van der Waals surface area contributed by atoms with Crippen LogP contribution in [-0.4, -0.2) is 10.9 Å². The number of hydrogen-bond acceptors (Lipinski definition) is 2. The molecule has 2 rings (SSSR count). The number of pyridine rings is 1. The number of carbonyl (C=O) groups excluding carboxylic acids is 1. The molecule has 80 valence electrons. The van der Waals surface area contributed by atoms with Gasteiger partial charge in [0.1, 0.15) is 0 Å². The lowest BCUT2D eigenvalue weighted by molar-refractivity contribution is -0.117. The number of carbonyl (C=O) groups is 1. The molecule has 0 aliphatic carbocycles. The third-order valence-corrected chi connectivity index (χ3v) is 2.28. The van der Waals surface area contributed by atoms with Gasteiger partial charge in [0, 0.05) is 23.6 Å². The predicted octanol–water partition coefficient (Wildman–Crippen LogP) is 2.12. The fourth-order valence-corrected chi connectivity index (χ4v) is 1.56. The molecule has 0 aliphatic rings. The van der Waals surface area contributed by atoms with Crippen molar-refractivity contribution < 1.29 is 4.79 Å². The summed E-state index contributed by atoms with van der Waals surface area (Å²) in [5, 5.41) is 1.09. The summed E-state index contributed by atoms with van der Waals surface area (Å²) in [4.78, 5) is 14.9. The van der Waals surface area contributed by atoms with Gasteiger partial charge in [0.2, 0.25) is 5.91 Å². The number of hydrogen-bond donors (Lipinski definition) is 1. The summed E-state index contributed by atoms with van der Waals surface area (Å²) in [6.07, 6.45) is 5.64. The summed E-state index contributed by atoms with van der Waals surface area (Å²) >= 11 is 0. The zero-order chi connectivity index (χ0) is 11.4. The van der Waals surface area contributed by atoms with Gasteiger partial charge in [0.25, 0.3) is 0 Å². The molecule has 0 fully saturated rings. The summed E-state index contributed by atoms with van der Waals surface area (Å²) in [6, 6.07) is 9.85. The SMILES string of the molecule is NC(=O)CC=Cc1cccc2cccnc12. The fourth-order valence-electron chi connectivity index (χ4n) is 1.56. The lowest BCUT2D eigenvalue weighted by atomic mass is 10.1. The standard InChI is InChI=1S/C13H12N2O/c14-12(16)8-2-6-10-4-1-5-11-7-3-9-15-13(10)11/h1-7,9H,8H2,(H2,14,16). The number of primary amides is 1. The Hall–Kier alpha value is -2.16. The van der Waals surface area contributed by atoms with E-state index < -0.39 is 0 Å². The van der Waals surface area contributed by atoms with Crippen LogP contribution >= 0.6 is 0 Å². The predicted molar refractivity (Wildman–Crippen MR) is 64.6 cm³/mol. The van der Waals surface area contributed by atoms with Gasteiger partial charge >= 0.3 is 0 Å².